The average molecular weight is 410 g/mol. The van der Waals surface area contributed by atoms with Crippen molar-refractivity contribution in [1.82, 2.24) is 10.6 Å². The van der Waals surface area contributed by atoms with Crippen molar-refractivity contribution in [1.29, 1.82) is 0 Å². The number of nitrogens with one attached hydrogen (secondary N) is 2. The third-order valence-corrected chi connectivity index (χ3v) is 3.24. The van der Waals surface area contributed by atoms with Crippen LogP contribution in [0.2, 0.25) is 19.6 Å². The van der Waals surface area contributed by atoms with Gasteiger partial charge in [-0.1, -0.05) is 0 Å². The number of amides is 3. The summed E-state index contributed by atoms with van der Waals surface area (Å²) in [5.41, 5.74) is 0. The third kappa shape index (κ3) is 9.38. The average Bonchev–Trinajstić information content (AvgIpc) is 2.38. The lowest BCUT2D eigenvalue weighted by Crippen LogP contribution is -2.50. The van der Waals surface area contributed by atoms with E-state index in [9.17, 15) is 45.5 Å². The Hall–Kier alpha value is -2.12. The smallest absolute Gasteiger partial charge is 0.471 e. The Morgan fingerprint density at radius 2 is 1.38 bits per heavy atom. The van der Waals surface area contributed by atoms with Crippen LogP contribution < -0.4 is 10.6 Å². The summed E-state index contributed by atoms with van der Waals surface area (Å²) < 4.78 is 77.9. The van der Waals surface area contributed by atoms with E-state index in [1.54, 1.807) is 0 Å². The van der Waals surface area contributed by atoms with Gasteiger partial charge in [0.25, 0.3) is 0 Å². The van der Waals surface area contributed by atoms with Gasteiger partial charge >= 0.3 is 30.1 Å². The van der Waals surface area contributed by atoms with Crippen molar-refractivity contribution in [2.45, 2.75) is 50.9 Å². The monoisotopic (exact) mass is 410 g/mol. The highest BCUT2D eigenvalue weighted by atomic mass is 28.4. The standard InChI is InChI=1S/C12H16F6N2O5Si/c1-26(2,3)25-8(22)6(19-9(23)11(13,14)15)4-5-7(21)20-10(24)12(16,17)18/h6H,4-5H2,1-3H3,(H,19,23)(H,20,21,24). The summed E-state index contributed by atoms with van der Waals surface area (Å²) in [7, 11) is -2.57. The molecule has 7 nitrogen and oxygen atoms in total. The van der Waals surface area contributed by atoms with Crippen LogP contribution in [0.4, 0.5) is 26.3 Å². The van der Waals surface area contributed by atoms with Crippen molar-refractivity contribution in [3.05, 3.63) is 0 Å². The van der Waals surface area contributed by atoms with E-state index in [2.05, 4.69) is 0 Å². The SMILES string of the molecule is C[Si](C)(C)OC(=O)C(CCC(=O)NC(=O)C(F)(F)F)NC(=O)C(F)(F)F. The Labute approximate surface area is 144 Å². The van der Waals surface area contributed by atoms with Crippen LogP contribution in [0.15, 0.2) is 0 Å². The maximum absolute atomic E-state index is 12.3. The van der Waals surface area contributed by atoms with E-state index in [1.165, 1.54) is 25.0 Å². The molecule has 0 aliphatic carbocycles. The molecule has 0 saturated carbocycles. The summed E-state index contributed by atoms with van der Waals surface area (Å²) in [6.07, 6.45) is -12.4. The first-order valence-electron chi connectivity index (χ1n) is 6.95. The minimum Gasteiger partial charge on any atom is -0.518 e. The van der Waals surface area contributed by atoms with Gasteiger partial charge < -0.3 is 9.74 Å². The number of carbonyl (C=O) groups excluding carboxylic acids is 4. The van der Waals surface area contributed by atoms with Crippen LogP contribution in [-0.2, 0) is 23.6 Å². The molecule has 1 unspecified atom stereocenters. The number of alkyl halides is 6. The van der Waals surface area contributed by atoms with Gasteiger partial charge in [-0.05, 0) is 26.1 Å². The van der Waals surface area contributed by atoms with Gasteiger partial charge in [-0.3, -0.25) is 24.5 Å². The molecule has 2 N–H and O–H groups in total. The van der Waals surface area contributed by atoms with Crippen LogP contribution in [-0.4, -0.2) is 50.4 Å². The highest BCUT2D eigenvalue weighted by Crippen LogP contribution is 2.17. The van der Waals surface area contributed by atoms with Gasteiger partial charge in [0, 0.05) is 6.42 Å². The molecule has 0 saturated heterocycles. The molecule has 26 heavy (non-hydrogen) atoms. The van der Waals surface area contributed by atoms with E-state index < -0.39 is 63.2 Å². The molecule has 0 rings (SSSR count). The Balaban J connectivity index is 5.02. The zero-order chi connectivity index (χ0) is 20.9. The number of rotatable bonds is 6. The summed E-state index contributed by atoms with van der Waals surface area (Å²) in [5.74, 6) is -7.80. The number of hydrogen-bond donors (Lipinski definition) is 2. The molecule has 14 heteroatoms. The molecule has 0 aromatic carbocycles. The molecule has 150 valence electrons. The summed E-state index contributed by atoms with van der Waals surface area (Å²) in [6.45, 7) is 4.55. The normalized spacial score (nSPS) is 13.6. The van der Waals surface area contributed by atoms with Crippen molar-refractivity contribution in [2.75, 3.05) is 0 Å². The van der Waals surface area contributed by atoms with Gasteiger partial charge in [-0.15, -0.1) is 0 Å². The van der Waals surface area contributed by atoms with Crippen LogP contribution in [0.25, 0.3) is 0 Å². The van der Waals surface area contributed by atoms with Crippen LogP contribution in [0.3, 0.4) is 0 Å². The Morgan fingerprint density at radius 3 is 1.77 bits per heavy atom. The minimum absolute atomic E-state index is 0.803. The Kier molecular flexibility index (Phi) is 7.81. The topological polar surface area (TPSA) is 102 Å². The molecule has 0 spiro atoms. The van der Waals surface area contributed by atoms with Crippen molar-refractivity contribution >= 4 is 32.0 Å². The summed E-state index contributed by atoms with van der Waals surface area (Å²) in [4.78, 5) is 44.7. The summed E-state index contributed by atoms with van der Waals surface area (Å²) in [5, 5.41) is 2.28. The second-order valence-corrected chi connectivity index (χ2v) is 10.4. The van der Waals surface area contributed by atoms with Crippen molar-refractivity contribution in [2.24, 2.45) is 0 Å². The number of carbonyl (C=O) groups is 4. The van der Waals surface area contributed by atoms with E-state index in [0.29, 0.717) is 0 Å². The first-order chi connectivity index (χ1) is 11.4. The van der Waals surface area contributed by atoms with Crippen LogP contribution in [0, 0.1) is 0 Å². The van der Waals surface area contributed by atoms with Crippen molar-refractivity contribution < 1.29 is 49.9 Å². The third-order valence-electron chi connectivity index (χ3n) is 2.42. The molecule has 3 amide bonds. The fourth-order valence-corrected chi connectivity index (χ4v) is 2.14. The van der Waals surface area contributed by atoms with Gasteiger partial charge in [-0.2, -0.15) is 26.3 Å². The van der Waals surface area contributed by atoms with Crippen molar-refractivity contribution in [3.63, 3.8) is 0 Å². The van der Waals surface area contributed by atoms with E-state index >= 15 is 0 Å². The second-order valence-electron chi connectivity index (χ2n) is 5.97. The molecule has 0 aliphatic rings. The lowest BCUT2D eigenvalue weighted by atomic mass is 10.1. The number of halogens is 6. The van der Waals surface area contributed by atoms with Gasteiger partial charge in [0.1, 0.15) is 6.04 Å². The molecule has 0 radical (unpaired) electrons. The molecule has 0 aliphatic heterocycles. The molecule has 0 aromatic rings. The first kappa shape index (κ1) is 23.9. The molecule has 0 fully saturated rings. The molecule has 0 aromatic heterocycles. The second kappa shape index (κ2) is 8.51. The van der Waals surface area contributed by atoms with Crippen molar-refractivity contribution in [3.8, 4) is 0 Å². The zero-order valence-corrected chi connectivity index (χ0v) is 14.8. The lowest BCUT2D eigenvalue weighted by molar-refractivity contribution is -0.175. The minimum atomic E-state index is -5.34. The van der Waals surface area contributed by atoms with Gasteiger partial charge in [0.05, 0.1) is 0 Å². The molecular formula is C12H16F6N2O5Si. The summed E-state index contributed by atoms with van der Waals surface area (Å²) in [6, 6.07) is -1.93. The molecular weight excluding hydrogens is 394 g/mol. The molecule has 0 bridgehead atoms. The summed E-state index contributed by atoms with van der Waals surface area (Å²) >= 11 is 0. The molecule has 0 heterocycles. The fourth-order valence-electron chi connectivity index (χ4n) is 1.40. The fraction of sp³-hybridized carbons (Fsp3) is 0.667. The predicted molar refractivity (Wildman–Crippen MR) is 75.9 cm³/mol. The number of hydrogen-bond acceptors (Lipinski definition) is 5. The van der Waals surface area contributed by atoms with Gasteiger partial charge in [0.15, 0.2) is 0 Å². The predicted octanol–water partition coefficient (Wildman–Crippen LogP) is 1.40. The van der Waals surface area contributed by atoms with Gasteiger partial charge in [0.2, 0.25) is 14.2 Å². The quantitative estimate of drug-likeness (QED) is 0.509. The largest absolute Gasteiger partial charge is 0.518 e. The van der Waals surface area contributed by atoms with E-state index in [0.717, 1.165) is 5.32 Å². The van der Waals surface area contributed by atoms with E-state index in [-0.39, 0.29) is 0 Å². The van der Waals surface area contributed by atoms with Crippen LogP contribution in [0.5, 0.6) is 0 Å². The highest BCUT2D eigenvalue weighted by Gasteiger charge is 2.42. The van der Waals surface area contributed by atoms with E-state index in [1.807, 2.05) is 0 Å². The van der Waals surface area contributed by atoms with Crippen LogP contribution in [0.1, 0.15) is 12.8 Å². The highest BCUT2D eigenvalue weighted by molar-refractivity contribution is 6.71. The number of imide groups is 1. The first-order valence-corrected chi connectivity index (χ1v) is 10.4. The Bertz CT molecular complexity index is 570. The Morgan fingerprint density at radius 1 is 0.923 bits per heavy atom. The lowest BCUT2D eigenvalue weighted by Gasteiger charge is -2.23. The zero-order valence-electron chi connectivity index (χ0n) is 13.8. The molecule has 1 atom stereocenters. The maximum Gasteiger partial charge on any atom is 0.471 e. The van der Waals surface area contributed by atoms with Gasteiger partial charge in [-0.25, -0.2) is 0 Å². The maximum atomic E-state index is 12.3. The van der Waals surface area contributed by atoms with E-state index in [4.69, 9.17) is 4.43 Å². The van der Waals surface area contributed by atoms with Crippen LogP contribution >= 0.6 is 0 Å².